The number of nitrogens with zero attached hydrogens (tertiary/aromatic N) is 2. The topological polar surface area (TPSA) is 43.8 Å². The van der Waals surface area contributed by atoms with Gasteiger partial charge in [0, 0.05) is 24.3 Å². The SMILES string of the molecule is Cc1nn(C)c(C)c1C(N)C1CCC(C)CC1. The van der Waals surface area contributed by atoms with Crippen molar-refractivity contribution >= 4 is 0 Å². The van der Waals surface area contributed by atoms with E-state index in [4.69, 9.17) is 5.73 Å². The summed E-state index contributed by atoms with van der Waals surface area (Å²) in [4.78, 5) is 0. The summed E-state index contributed by atoms with van der Waals surface area (Å²) >= 11 is 0. The summed E-state index contributed by atoms with van der Waals surface area (Å²) in [6.45, 7) is 6.55. The van der Waals surface area contributed by atoms with Crippen LogP contribution in [0.25, 0.3) is 0 Å². The fourth-order valence-electron chi connectivity index (χ4n) is 3.15. The second-order valence-corrected chi connectivity index (χ2v) is 5.75. The van der Waals surface area contributed by atoms with Crippen LogP contribution in [0.5, 0.6) is 0 Å². The minimum Gasteiger partial charge on any atom is -0.324 e. The Hall–Kier alpha value is -0.830. The first-order chi connectivity index (χ1) is 8.00. The first-order valence-electron chi connectivity index (χ1n) is 6.76. The van der Waals surface area contributed by atoms with Crippen molar-refractivity contribution in [2.75, 3.05) is 0 Å². The van der Waals surface area contributed by atoms with Crippen molar-refractivity contribution in [3.63, 3.8) is 0 Å². The number of aryl methyl sites for hydroxylation is 2. The van der Waals surface area contributed by atoms with E-state index in [9.17, 15) is 0 Å². The predicted molar refractivity (Wildman–Crippen MR) is 70.7 cm³/mol. The van der Waals surface area contributed by atoms with Gasteiger partial charge in [0.15, 0.2) is 0 Å². The quantitative estimate of drug-likeness (QED) is 0.856. The highest BCUT2D eigenvalue weighted by Gasteiger charge is 2.28. The lowest BCUT2D eigenvalue weighted by Gasteiger charge is -2.31. The lowest BCUT2D eigenvalue weighted by molar-refractivity contribution is 0.255. The van der Waals surface area contributed by atoms with Gasteiger partial charge in [-0.05, 0) is 38.5 Å². The Morgan fingerprint density at radius 3 is 2.29 bits per heavy atom. The Morgan fingerprint density at radius 1 is 1.24 bits per heavy atom. The predicted octanol–water partition coefficient (Wildman–Crippen LogP) is 2.86. The molecule has 0 aliphatic heterocycles. The highest BCUT2D eigenvalue weighted by Crippen LogP contribution is 2.37. The average molecular weight is 235 g/mol. The summed E-state index contributed by atoms with van der Waals surface area (Å²) in [5, 5.41) is 4.48. The third-order valence-electron chi connectivity index (χ3n) is 4.47. The van der Waals surface area contributed by atoms with Gasteiger partial charge >= 0.3 is 0 Å². The maximum Gasteiger partial charge on any atom is 0.0644 e. The highest BCUT2D eigenvalue weighted by atomic mass is 15.3. The molecule has 1 unspecified atom stereocenters. The first-order valence-corrected chi connectivity index (χ1v) is 6.76. The van der Waals surface area contributed by atoms with Gasteiger partial charge in [-0.15, -0.1) is 0 Å². The molecule has 3 nitrogen and oxygen atoms in total. The second kappa shape index (κ2) is 4.81. The van der Waals surface area contributed by atoms with Crippen LogP contribution in [0.3, 0.4) is 0 Å². The third kappa shape index (κ3) is 2.39. The Bertz CT molecular complexity index is 386. The van der Waals surface area contributed by atoms with E-state index in [-0.39, 0.29) is 6.04 Å². The molecule has 1 fully saturated rings. The first kappa shape index (κ1) is 12.6. The Balaban J connectivity index is 2.16. The number of rotatable bonds is 2. The normalized spacial score (nSPS) is 27.1. The van der Waals surface area contributed by atoms with Crippen LogP contribution in [0.2, 0.25) is 0 Å². The van der Waals surface area contributed by atoms with Gasteiger partial charge in [-0.1, -0.05) is 19.8 Å². The van der Waals surface area contributed by atoms with Gasteiger partial charge in [0.2, 0.25) is 0 Å². The summed E-state index contributed by atoms with van der Waals surface area (Å²) in [5.41, 5.74) is 10.1. The summed E-state index contributed by atoms with van der Waals surface area (Å²) in [5.74, 6) is 1.53. The van der Waals surface area contributed by atoms with Crippen molar-refractivity contribution in [1.29, 1.82) is 0 Å². The molecule has 0 amide bonds. The average Bonchev–Trinajstić information content (AvgIpc) is 2.53. The van der Waals surface area contributed by atoms with Crippen molar-refractivity contribution < 1.29 is 0 Å². The van der Waals surface area contributed by atoms with E-state index >= 15 is 0 Å². The summed E-state index contributed by atoms with van der Waals surface area (Å²) in [6, 6.07) is 0.177. The fraction of sp³-hybridized carbons (Fsp3) is 0.786. The Kier molecular flexibility index (Phi) is 3.57. The highest BCUT2D eigenvalue weighted by molar-refractivity contribution is 5.28. The molecule has 2 rings (SSSR count). The van der Waals surface area contributed by atoms with Crippen LogP contribution >= 0.6 is 0 Å². The number of hydrogen-bond donors (Lipinski definition) is 1. The lowest BCUT2D eigenvalue weighted by atomic mass is 9.77. The second-order valence-electron chi connectivity index (χ2n) is 5.75. The van der Waals surface area contributed by atoms with Gasteiger partial charge in [-0.2, -0.15) is 5.10 Å². The smallest absolute Gasteiger partial charge is 0.0644 e. The van der Waals surface area contributed by atoms with Gasteiger partial charge < -0.3 is 5.73 Å². The van der Waals surface area contributed by atoms with E-state index in [1.54, 1.807) is 0 Å². The van der Waals surface area contributed by atoms with E-state index in [1.165, 1.54) is 36.9 Å². The maximum absolute atomic E-state index is 6.48. The molecule has 1 aliphatic rings. The van der Waals surface area contributed by atoms with E-state index in [0.717, 1.165) is 11.6 Å². The molecule has 1 saturated carbocycles. The molecule has 1 aromatic rings. The molecule has 0 spiro atoms. The largest absolute Gasteiger partial charge is 0.324 e. The van der Waals surface area contributed by atoms with E-state index in [2.05, 4.69) is 25.9 Å². The Morgan fingerprint density at radius 2 is 1.82 bits per heavy atom. The zero-order valence-electron chi connectivity index (χ0n) is 11.5. The van der Waals surface area contributed by atoms with E-state index in [0.29, 0.717) is 5.92 Å². The van der Waals surface area contributed by atoms with Crippen molar-refractivity contribution in [3.8, 4) is 0 Å². The molecule has 0 radical (unpaired) electrons. The number of nitrogens with two attached hydrogens (primary N) is 1. The monoisotopic (exact) mass is 235 g/mol. The molecule has 2 N–H and O–H groups in total. The van der Waals surface area contributed by atoms with Crippen molar-refractivity contribution in [1.82, 2.24) is 9.78 Å². The standard InChI is InChI=1S/C14H25N3/c1-9-5-7-12(8-6-9)14(15)13-10(2)16-17(4)11(13)3/h9,12,14H,5-8,15H2,1-4H3. The lowest BCUT2D eigenvalue weighted by Crippen LogP contribution is -2.26. The molecule has 1 aliphatic carbocycles. The van der Waals surface area contributed by atoms with Crippen LogP contribution in [0, 0.1) is 25.7 Å². The molecular formula is C14H25N3. The molecule has 0 saturated heterocycles. The van der Waals surface area contributed by atoms with Gasteiger partial charge in [-0.25, -0.2) is 0 Å². The zero-order chi connectivity index (χ0) is 12.6. The molecule has 1 aromatic heterocycles. The molecule has 96 valence electrons. The molecule has 0 bridgehead atoms. The minimum atomic E-state index is 0.177. The van der Waals surface area contributed by atoms with E-state index in [1.807, 2.05) is 11.7 Å². The minimum absolute atomic E-state index is 0.177. The van der Waals surface area contributed by atoms with Crippen LogP contribution in [0.1, 0.15) is 55.6 Å². The molecule has 17 heavy (non-hydrogen) atoms. The van der Waals surface area contributed by atoms with Crippen LogP contribution in [0.4, 0.5) is 0 Å². The van der Waals surface area contributed by atoms with Gasteiger partial charge in [0.1, 0.15) is 0 Å². The van der Waals surface area contributed by atoms with Crippen LogP contribution in [-0.2, 0) is 7.05 Å². The molecule has 3 heteroatoms. The Labute approximate surface area is 104 Å². The van der Waals surface area contributed by atoms with Crippen LogP contribution in [0.15, 0.2) is 0 Å². The summed E-state index contributed by atoms with van der Waals surface area (Å²) in [6.07, 6.45) is 5.21. The molecule has 1 atom stereocenters. The molecule has 1 heterocycles. The van der Waals surface area contributed by atoms with Crippen molar-refractivity contribution in [2.24, 2.45) is 24.6 Å². The van der Waals surface area contributed by atoms with Gasteiger partial charge in [-0.3, -0.25) is 4.68 Å². The van der Waals surface area contributed by atoms with Gasteiger partial charge in [0.25, 0.3) is 0 Å². The molecule has 0 aromatic carbocycles. The van der Waals surface area contributed by atoms with Crippen LogP contribution in [-0.4, -0.2) is 9.78 Å². The number of hydrogen-bond acceptors (Lipinski definition) is 2. The summed E-state index contributed by atoms with van der Waals surface area (Å²) < 4.78 is 1.95. The fourth-order valence-corrected chi connectivity index (χ4v) is 3.15. The summed E-state index contributed by atoms with van der Waals surface area (Å²) in [7, 11) is 2.00. The van der Waals surface area contributed by atoms with Crippen molar-refractivity contribution in [3.05, 3.63) is 17.0 Å². The molecular weight excluding hydrogens is 210 g/mol. The maximum atomic E-state index is 6.48. The van der Waals surface area contributed by atoms with Crippen molar-refractivity contribution in [2.45, 2.75) is 52.5 Å². The van der Waals surface area contributed by atoms with E-state index < -0.39 is 0 Å². The van der Waals surface area contributed by atoms with Gasteiger partial charge in [0.05, 0.1) is 5.69 Å². The number of aromatic nitrogens is 2. The zero-order valence-corrected chi connectivity index (χ0v) is 11.5. The third-order valence-corrected chi connectivity index (χ3v) is 4.47. The van der Waals surface area contributed by atoms with Crippen LogP contribution < -0.4 is 5.73 Å².